The minimum atomic E-state index is -0.267. The summed E-state index contributed by atoms with van der Waals surface area (Å²) in [6, 6.07) is 6.51. The highest BCUT2D eigenvalue weighted by Crippen LogP contribution is 2.21. The Morgan fingerprint density at radius 2 is 2.33 bits per heavy atom. The summed E-state index contributed by atoms with van der Waals surface area (Å²) < 4.78 is 18.5. The van der Waals surface area contributed by atoms with Crippen LogP contribution in [0.1, 0.15) is 41.6 Å². The van der Waals surface area contributed by atoms with Crippen molar-refractivity contribution in [1.29, 1.82) is 0 Å². The van der Waals surface area contributed by atoms with Gasteiger partial charge in [-0.1, -0.05) is 18.1 Å². The van der Waals surface area contributed by atoms with Crippen molar-refractivity contribution >= 4 is 11.6 Å². The molecular formula is C18H22FN3O2. The van der Waals surface area contributed by atoms with Crippen molar-refractivity contribution in [3.63, 3.8) is 0 Å². The standard InChI is InChI=1S/C18H22FN3O2/c1-3-16-17(12(2)24-21-16)18(23)22-9-5-8-15(11-22)20-14-7-4-6-13(19)10-14/h4,6-7,10,15,20H,3,5,8-9,11H2,1-2H3/t15-/m0/s1. The van der Waals surface area contributed by atoms with Crippen LogP contribution in [0.4, 0.5) is 10.1 Å². The normalized spacial score (nSPS) is 17.8. The Bertz CT molecular complexity index is 729. The van der Waals surface area contributed by atoms with E-state index >= 15 is 0 Å². The van der Waals surface area contributed by atoms with E-state index in [1.165, 1.54) is 12.1 Å². The average molecular weight is 331 g/mol. The van der Waals surface area contributed by atoms with E-state index in [4.69, 9.17) is 4.52 Å². The van der Waals surface area contributed by atoms with Gasteiger partial charge in [0, 0.05) is 24.8 Å². The molecular weight excluding hydrogens is 309 g/mol. The van der Waals surface area contributed by atoms with Gasteiger partial charge in [-0.25, -0.2) is 4.39 Å². The molecule has 2 aromatic rings. The highest BCUT2D eigenvalue weighted by atomic mass is 19.1. The van der Waals surface area contributed by atoms with Crippen molar-refractivity contribution in [3.05, 3.63) is 47.1 Å². The van der Waals surface area contributed by atoms with Crippen LogP contribution >= 0.6 is 0 Å². The highest BCUT2D eigenvalue weighted by molar-refractivity contribution is 5.96. The lowest BCUT2D eigenvalue weighted by atomic mass is 10.0. The molecule has 1 amide bonds. The van der Waals surface area contributed by atoms with Gasteiger partial charge in [0.15, 0.2) is 0 Å². The summed E-state index contributed by atoms with van der Waals surface area (Å²) in [5.41, 5.74) is 2.03. The van der Waals surface area contributed by atoms with E-state index in [0.29, 0.717) is 36.5 Å². The summed E-state index contributed by atoms with van der Waals surface area (Å²) in [6.07, 6.45) is 2.52. The highest BCUT2D eigenvalue weighted by Gasteiger charge is 2.28. The van der Waals surface area contributed by atoms with Crippen LogP contribution in [-0.4, -0.2) is 35.1 Å². The SMILES string of the molecule is CCc1noc(C)c1C(=O)N1CCC[C@H](Nc2cccc(F)c2)C1. The van der Waals surface area contributed by atoms with Gasteiger partial charge < -0.3 is 14.7 Å². The molecule has 1 fully saturated rings. The van der Waals surface area contributed by atoms with Crippen molar-refractivity contribution in [1.82, 2.24) is 10.1 Å². The molecule has 1 aromatic carbocycles. The van der Waals surface area contributed by atoms with Gasteiger partial charge in [0.05, 0.1) is 5.69 Å². The van der Waals surface area contributed by atoms with Crippen molar-refractivity contribution in [3.8, 4) is 0 Å². The molecule has 128 valence electrons. The Balaban J connectivity index is 1.71. The molecule has 0 bridgehead atoms. The van der Waals surface area contributed by atoms with Gasteiger partial charge in [-0.05, 0) is 44.4 Å². The summed E-state index contributed by atoms with van der Waals surface area (Å²) >= 11 is 0. The van der Waals surface area contributed by atoms with E-state index in [2.05, 4.69) is 10.5 Å². The molecule has 1 aromatic heterocycles. The number of benzene rings is 1. The quantitative estimate of drug-likeness (QED) is 0.933. The lowest BCUT2D eigenvalue weighted by Crippen LogP contribution is -2.45. The van der Waals surface area contributed by atoms with Gasteiger partial charge in [-0.2, -0.15) is 0 Å². The van der Waals surface area contributed by atoms with E-state index in [1.807, 2.05) is 17.9 Å². The second-order valence-corrected chi connectivity index (χ2v) is 6.16. The van der Waals surface area contributed by atoms with Gasteiger partial charge in [-0.3, -0.25) is 4.79 Å². The molecule has 0 spiro atoms. The first-order valence-electron chi connectivity index (χ1n) is 8.35. The molecule has 1 N–H and O–H groups in total. The number of aromatic nitrogens is 1. The number of hydrogen-bond donors (Lipinski definition) is 1. The first kappa shape index (κ1) is 16.5. The molecule has 1 saturated heterocycles. The van der Waals surface area contributed by atoms with Crippen molar-refractivity contribution in [2.75, 3.05) is 18.4 Å². The van der Waals surface area contributed by atoms with E-state index in [-0.39, 0.29) is 17.8 Å². The van der Waals surface area contributed by atoms with Crippen LogP contribution in [0.3, 0.4) is 0 Å². The van der Waals surface area contributed by atoms with Crippen LogP contribution in [0.25, 0.3) is 0 Å². The molecule has 3 rings (SSSR count). The maximum absolute atomic E-state index is 13.3. The molecule has 1 aliphatic heterocycles. The maximum Gasteiger partial charge on any atom is 0.259 e. The molecule has 0 saturated carbocycles. The maximum atomic E-state index is 13.3. The molecule has 0 unspecified atom stereocenters. The Kier molecular flexibility index (Phi) is 4.83. The van der Waals surface area contributed by atoms with Crippen LogP contribution < -0.4 is 5.32 Å². The molecule has 2 heterocycles. The van der Waals surface area contributed by atoms with Gasteiger partial charge in [0.1, 0.15) is 17.1 Å². The van der Waals surface area contributed by atoms with Crippen LogP contribution in [0.5, 0.6) is 0 Å². The Labute approximate surface area is 140 Å². The number of hydrogen-bond acceptors (Lipinski definition) is 4. The van der Waals surface area contributed by atoms with Gasteiger partial charge in [-0.15, -0.1) is 0 Å². The Morgan fingerprint density at radius 3 is 3.08 bits per heavy atom. The number of amides is 1. The molecule has 0 aliphatic carbocycles. The molecule has 6 heteroatoms. The number of carbonyl (C=O) groups excluding carboxylic acids is 1. The smallest absolute Gasteiger partial charge is 0.259 e. The Hall–Kier alpha value is -2.37. The third kappa shape index (κ3) is 3.42. The summed E-state index contributed by atoms with van der Waals surface area (Å²) in [5.74, 6) is 0.268. The minimum absolute atomic E-state index is 0.0312. The van der Waals surface area contributed by atoms with E-state index < -0.39 is 0 Å². The fourth-order valence-electron chi connectivity index (χ4n) is 3.18. The number of rotatable bonds is 4. The lowest BCUT2D eigenvalue weighted by Gasteiger charge is -2.33. The predicted octanol–water partition coefficient (Wildman–Crippen LogP) is 3.40. The van der Waals surface area contributed by atoms with Crippen molar-refractivity contribution in [2.24, 2.45) is 0 Å². The number of carbonyl (C=O) groups is 1. The fourth-order valence-corrected chi connectivity index (χ4v) is 3.18. The topological polar surface area (TPSA) is 58.4 Å². The van der Waals surface area contributed by atoms with Gasteiger partial charge >= 0.3 is 0 Å². The first-order chi connectivity index (χ1) is 11.6. The second kappa shape index (κ2) is 7.03. The number of aryl methyl sites for hydroxylation is 2. The molecule has 5 nitrogen and oxygen atoms in total. The van der Waals surface area contributed by atoms with E-state index in [9.17, 15) is 9.18 Å². The average Bonchev–Trinajstić information content (AvgIpc) is 2.95. The summed E-state index contributed by atoms with van der Waals surface area (Å²) in [5, 5.41) is 7.29. The molecule has 1 aliphatic rings. The number of nitrogens with zero attached hydrogens (tertiary/aromatic N) is 2. The van der Waals surface area contributed by atoms with Crippen LogP contribution in [0.2, 0.25) is 0 Å². The Morgan fingerprint density at radius 1 is 1.50 bits per heavy atom. The molecule has 0 radical (unpaired) electrons. The number of anilines is 1. The van der Waals surface area contributed by atoms with E-state index in [1.54, 1.807) is 13.0 Å². The monoisotopic (exact) mass is 331 g/mol. The third-order valence-corrected chi connectivity index (χ3v) is 4.39. The zero-order chi connectivity index (χ0) is 17.1. The molecule has 24 heavy (non-hydrogen) atoms. The number of piperidine rings is 1. The number of likely N-dealkylation sites (tertiary alicyclic amines) is 1. The number of halogens is 1. The van der Waals surface area contributed by atoms with Crippen molar-refractivity contribution in [2.45, 2.75) is 39.2 Å². The van der Waals surface area contributed by atoms with Crippen LogP contribution in [0.15, 0.2) is 28.8 Å². The third-order valence-electron chi connectivity index (χ3n) is 4.39. The summed E-state index contributed by atoms with van der Waals surface area (Å²) in [6.45, 7) is 5.03. The number of nitrogens with one attached hydrogen (secondary N) is 1. The van der Waals surface area contributed by atoms with Crippen LogP contribution in [0, 0.1) is 12.7 Å². The fraction of sp³-hybridized carbons (Fsp3) is 0.444. The minimum Gasteiger partial charge on any atom is -0.380 e. The van der Waals surface area contributed by atoms with Gasteiger partial charge in [0.2, 0.25) is 0 Å². The van der Waals surface area contributed by atoms with Crippen molar-refractivity contribution < 1.29 is 13.7 Å². The molecule has 1 atom stereocenters. The zero-order valence-corrected chi connectivity index (χ0v) is 14.0. The largest absolute Gasteiger partial charge is 0.380 e. The zero-order valence-electron chi connectivity index (χ0n) is 14.0. The van der Waals surface area contributed by atoms with Gasteiger partial charge in [0.25, 0.3) is 5.91 Å². The van der Waals surface area contributed by atoms with Crippen LogP contribution in [-0.2, 0) is 6.42 Å². The summed E-state index contributed by atoms with van der Waals surface area (Å²) in [7, 11) is 0. The predicted molar refractivity (Wildman–Crippen MR) is 89.6 cm³/mol. The van der Waals surface area contributed by atoms with E-state index in [0.717, 1.165) is 18.5 Å². The summed E-state index contributed by atoms with van der Waals surface area (Å²) in [4.78, 5) is 14.7. The first-order valence-corrected chi connectivity index (χ1v) is 8.35. The second-order valence-electron chi connectivity index (χ2n) is 6.16. The lowest BCUT2D eigenvalue weighted by molar-refractivity contribution is 0.0712.